The van der Waals surface area contributed by atoms with E-state index in [9.17, 15) is 0 Å². The van der Waals surface area contributed by atoms with E-state index in [0.29, 0.717) is 100 Å². The van der Waals surface area contributed by atoms with Gasteiger partial charge in [0.15, 0.2) is 17.6 Å². The summed E-state index contributed by atoms with van der Waals surface area (Å²) >= 11 is 7.44. The molecule has 19 heteroatoms. The molecule has 11 aromatic heterocycles. The Kier molecular flexibility index (Phi) is 50.5. The van der Waals surface area contributed by atoms with E-state index in [1.54, 1.807) is 17.6 Å². The number of thiophene rings is 2. The van der Waals surface area contributed by atoms with E-state index >= 15 is 0 Å². The van der Waals surface area contributed by atoms with E-state index < -0.39 is 0 Å². The summed E-state index contributed by atoms with van der Waals surface area (Å²) in [6, 6.07) is 19.5. The Balaban J connectivity index is 0.000000704. The molecule has 11 rings (SSSR count). The third kappa shape index (κ3) is 44.5. The molecular weight excluding hydrogens is 1660 g/mol. The summed E-state index contributed by atoms with van der Waals surface area (Å²) in [5.74, 6) is 16.8. The normalized spacial score (nSPS) is 12.0. The van der Waals surface area contributed by atoms with Crippen molar-refractivity contribution < 1.29 is 26.6 Å². The number of nitrogens with zero attached hydrogens (tertiary/aromatic N) is 9. The Morgan fingerprint density at radius 2 is 0.695 bits per heavy atom. The van der Waals surface area contributed by atoms with Gasteiger partial charge in [0, 0.05) is 135 Å². The van der Waals surface area contributed by atoms with Gasteiger partial charge in [-0.15, -0.1) is 55.5 Å². The summed E-state index contributed by atoms with van der Waals surface area (Å²) in [5.41, 5.74) is 8.43. The number of aromatic nitrogens is 9. The van der Waals surface area contributed by atoms with E-state index in [2.05, 4.69) is 410 Å². The minimum Gasteiger partial charge on any atom is -0.469 e. The molecule has 15 nitrogen and oxygen atoms in total. The average molecular weight is 1840 g/mol. The molecule has 0 saturated carbocycles. The van der Waals surface area contributed by atoms with Crippen molar-refractivity contribution >= 4 is 45.3 Å². The van der Waals surface area contributed by atoms with Gasteiger partial charge >= 0.3 is 0 Å². The first kappa shape index (κ1) is 119. The minimum atomic E-state index is 0.0939. The molecule has 11 aromatic rings. The maximum Gasteiger partial charge on any atom is 0.229 e. The van der Waals surface area contributed by atoms with Crippen LogP contribution < -0.4 is 0 Å². The fourth-order valence-electron chi connectivity index (χ4n) is 10.2. The van der Waals surface area contributed by atoms with Gasteiger partial charge < -0.3 is 26.6 Å². The molecule has 0 aliphatic heterocycles. The van der Waals surface area contributed by atoms with Crippen LogP contribution in [-0.2, 0) is 32.5 Å². The Morgan fingerprint density at radius 3 is 0.938 bits per heavy atom. The molecule has 128 heavy (non-hydrogen) atoms. The molecule has 0 aliphatic rings. The minimum absolute atomic E-state index is 0.0939. The monoisotopic (exact) mass is 1840 g/mol. The summed E-state index contributed by atoms with van der Waals surface area (Å²) in [4.78, 5) is 32.4. The summed E-state index contributed by atoms with van der Waals surface area (Å²) in [5, 5.41) is 18.7. The highest BCUT2D eigenvalue weighted by Gasteiger charge is 2.25. The molecule has 722 valence electrons. The second-order valence-electron chi connectivity index (χ2n) is 44.7. The lowest BCUT2D eigenvalue weighted by Crippen LogP contribution is -2.19. The summed E-state index contributed by atoms with van der Waals surface area (Å²) < 4.78 is 32.3. The van der Waals surface area contributed by atoms with Crippen molar-refractivity contribution in [2.75, 3.05) is 0 Å². The molecule has 0 radical (unpaired) electrons. The molecule has 0 atom stereocenters. The number of furan rings is 2. The number of oxazole rings is 2. The molecule has 0 fully saturated rings. The number of hydrogen-bond acceptors (Lipinski definition) is 19. The van der Waals surface area contributed by atoms with Gasteiger partial charge in [-0.25, -0.2) is 19.9 Å². The third-order valence-electron chi connectivity index (χ3n) is 19.7. The molecule has 0 N–H and O–H groups in total. The van der Waals surface area contributed by atoms with Crippen LogP contribution in [0, 0.1) is 0 Å². The van der Waals surface area contributed by atoms with E-state index in [1.807, 2.05) is 94.2 Å². The second-order valence-corrected chi connectivity index (χ2v) is 48.7. The second kappa shape index (κ2) is 54.3. The van der Waals surface area contributed by atoms with Crippen LogP contribution in [0.1, 0.15) is 563 Å². The van der Waals surface area contributed by atoms with Crippen LogP contribution in [0.5, 0.6) is 0 Å². The molecule has 0 unspecified atom stereocenters. The van der Waals surface area contributed by atoms with Crippen LogP contribution in [0.25, 0.3) is 0 Å². The van der Waals surface area contributed by atoms with Crippen LogP contribution >= 0.6 is 45.3 Å². The SMILES string of the molecule is CC(C)(C)c1cccc(C(C)(C)C)n1.CC(C)c1cc(C(C)(C)C)co1.CC(C)c1cc(C(C)(C)C)cs1.CC(C)c1ccc(C(C)C)o1.CC(C)c1ccc(C(C)C)s1.CC(C)c1cnc(C(C)C)o1.CC(C)c1cnc(C(C)C)s1.CC(C)c1nc(C(C)(C)C)co1.CC(C)c1nc(C(C)(C)C)cs1.CC(C)c1nnc(C(C)C)o1.CC(C)c1noc(C(C)C)n1. The van der Waals surface area contributed by atoms with E-state index in [0.717, 1.165) is 64.0 Å². The molecule has 0 saturated heterocycles. The van der Waals surface area contributed by atoms with E-state index in [1.165, 1.54) is 57.7 Å². The van der Waals surface area contributed by atoms with Crippen molar-refractivity contribution in [3.8, 4) is 0 Å². The van der Waals surface area contributed by atoms with Gasteiger partial charge in [-0.2, -0.15) is 4.98 Å². The zero-order valence-corrected chi connectivity index (χ0v) is 93.3. The lowest BCUT2D eigenvalue weighted by Gasteiger charge is -2.23. The molecule has 0 spiro atoms. The summed E-state index contributed by atoms with van der Waals surface area (Å²) in [6.07, 6.45) is 7.45. The Morgan fingerprint density at radius 1 is 0.266 bits per heavy atom. The predicted octanol–water partition coefficient (Wildman–Crippen LogP) is 36.7. The van der Waals surface area contributed by atoms with Crippen LogP contribution in [0.3, 0.4) is 0 Å². The standard InChI is InChI=1S/C13H21N.C11H18O.C11H18S.C10H17NO.C10H17NS.C10H16O.C10H16S.C9H15NO.C9H15NS.2C8H14N2O/c1-12(2,3)10-8-7-9-11(14-10)13(4,5)6;2*1-8(2)10-6-9(7-12-10)11(3,4)5;2*1-7(2)9-11-8(6-12-9)10(3,4)5;2*1-7(2)9-5-6-10(11-9)8(3)4;2*1-6(2)8-5-10-9(11-8)7(3)4;1-5(2)7-9-10-8(11-7)6(3)4;1-5(2)7-9-8(6(3)4)11-10-7/h7-9H,1-6H3;2*6-8H,1-5H3;2*6-7H,1-5H3;2*5-8H,1-4H3;2*5-7H,1-4H3;2*5-6H,1-4H3. The van der Waals surface area contributed by atoms with Crippen molar-refractivity contribution in [2.45, 2.75) is 473 Å². The maximum atomic E-state index is 5.61. The highest BCUT2D eigenvalue weighted by atomic mass is 32.1. The van der Waals surface area contributed by atoms with Crippen molar-refractivity contribution in [3.63, 3.8) is 0 Å². The van der Waals surface area contributed by atoms with Gasteiger partial charge in [0.1, 0.15) is 29.3 Å². The van der Waals surface area contributed by atoms with Crippen molar-refractivity contribution in [1.82, 2.24) is 45.3 Å². The maximum absolute atomic E-state index is 5.61. The Hall–Kier alpha value is -6.93. The van der Waals surface area contributed by atoms with Crippen LogP contribution in [0.2, 0.25) is 0 Å². The third-order valence-corrected chi connectivity index (χ3v) is 25.3. The van der Waals surface area contributed by atoms with Gasteiger partial charge in [-0.1, -0.05) is 357 Å². The Bertz CT molecular complexity index is 3960. The van der Waals surface area contributed by atoms with E-state index in [4.69, 9.17) is 31.6 Å². The fourth-order valence-corrected chi connectivity index (χ4v) is 14.4. The summed E-state index contributed by atoms with van der Waals surface area (Å²) in [7, 11) is 0. The summed E-state index contributed by atoms with van der Waals surface area (Å²) in [6.45, 7) is 108. The lowest BCUT2D eigenvalue weighted by molar-refractivity contribution is 0.359. The molecular formula is C109H181N9O6S4. The number of rotatable bonds is 16. The zero-order chi connectivity index (χ0) is 99.0. The van der Waals surface area contributed by atoms with E-state index in [-0.39, 0.29) is 27.1 Å². The largest absolute Gasteiger partial charge is 0.469 e. The quantitative estimate of drug-likeness (QED) is 0.0885. The van der Waals surface area contributed by atoms with Crippen molar-refractivity contribution in [3.05, 3.63) is 212 Å². The average Bonchev–Trinajstić information content (AvgIpc) is 1.81. The van der Waals surface area contributed by atoms with Crippen molar-refractivity contribution in [2.24, 2.45) is 0 Å². The van der Waals surface area contributed by atoms with Crippen LogP contribution in [0.4, 0.5) is 0 Å². The molecule has 0 aliphatic carbocycles. The lowest BCUT2D eigenvalue weighted by atomic mass is 9.88. The first-order chi connectivity index (χ1) is 58.5. The molecule has 0 bridgehead atoms. The Labute approximate surface area is 797 Å². The smallest absolute Gasteiger partial charge is 0.229 e. The fraction of sp³-hybridized carbons (Fsp3) is 0.661. The molecule has 0 aromatic carbocycles. The van der Waals surface area contributed by atoms with Gasteiger partial charge in [0.2, 0.25) is 17.7 Å². The van der Waals surface area contributed by atoms with Gasteiger partial charge in [0.25, 0.3) is 0 Å². The van der Waals surface area contributed by atoms with Gasteiger partial charge in [-0.3, -0.25) is 4.98 Å². The number of pyridine rings is 1. The van der Waals surface area contributed by atoms with Crippen LogP contribution in [-0.4, -0.2) is 45.3 Å². The first-order valence-corrected chi connectivity index (χ1v) is 50.7. The highest BCUT2D eigenvalue weighted by molar-refractivity contribution is 7.12. The van der Waals surface area contributed by atoms with Crippen molar-refractivity contribution in [1.29, 1.82) is 0 Å². The van der Waals surface area contributed by atoms with Crippen LogP contribution in [0.15, 0.2) is 117 Å². The molecule has 0 amide bonds. The first-order valence-electron chi connectivity index (χ1n) is 47.4. The highest BCUT2D eigenvalue weighted by Crippen LogP contribution is 2.35. The van der Waals surface area contributed by atoms with Gasteiger partial charge in [-0.05, 0) is 99.5 Å². The molecule has 11 heterocycles. The zero-order valence-electron chi connectivity index (χ0n) is 90.0. The predicted molar refractivity (Wildman–Crippen MR) is 554 cm³/mol. The number of thiazole rings is 2. The van der Waals surface area contributed by atoms with Gasteiger partial charge in [0.05, 0.1) is 33.9 Å². The topological polar surface area (TPSA) is 195 Å². The number of hydrogen-bond donors (Lipinski definition) is 0.